The number of hydrogen-bond donors (Lipinski definition) is 3. The topological polar surface area (TPSA) is 89.9 Å². The quantitative estimate of drug-likeness (QED) is 0.151. The molecular weight excluding hydrogens is 404 g/mol. The van der Waals surface area contributed by atoms with Crippen LogP contribution in [0.1, 0.15) is 130 Å². The van der Waals surface area contributed by atoms with Crippen molar-refractivity contribution in [2.45, 2.75) is 142 Å². The van der Waals surface area contributed by atoms with Crippen LogP contribution in [0.25, 0.3) is 0 Å². The number of carbonyl (C=O) groups excluding carboxylic acids is 1. The summed E-state index contributed by atoms with van der Waals surface area (Å²) in [6.07, 6.45) is 21.0. The van der Waals surface area contributed by atoms with Crippen molar-refractivity contribution in [3.05, 3.63) is 0 Å². The van der Waals surface area contributed by atoms with Crippen LogP contribution in [0.15, 0.2) is 0 Å². The van der Waals surface area contributed by atoms with Crippen LogP contribution in [0.2, 0.25) is 0 Å². The predicted molar refractivity (Wildman–Crippen MR) is 135 cm³/mol. The van der Waals surface area contributed by atoms with Gasteiger partial charge in [-0.05, 0) is 33.9 Å². The molecule has 0 aromatic carbocycles. The molecule has 32 heavy (non-hydrogen) atoms. The third-order valence-electron chi connectivity index (χ3n) is 5.70. The first-order valence-electron chi connectivity index (χ1n) is 13.1. The Morgan fingerprint density at radius 3 is 1.38 bits per heavy atom. The average molecular weight is 459 g/mol. The molecule has 0 bridgehead atoms. The van der Waals surface area contributed by atoms with Gasteiger partial charge in [0.15, 0.2) is 0 Å². The minimum atomic E-state index is -1.23. The second-order valence-electron chi connectivity index (χ2n) is 9.17. The highest BCUT2D eigenvalue weighted by atomic mass is 16.4. The summed E-state index contributed by atoms with van der Waals surface area (Å²) < 4.78 is 0. The summed E-state index contributed by atoms with van der Waals surface area (Å²) >= 11 is 0. The Kier molecular flexibility index (Phi) is 25.3. The number of rotatable bonds is 20. The van der Waals surface area contributed by atoms with E-state index >= 15 is 0 Å². The molecule has 192 valence electrons. The molecule has 0 heterocycles. The minimum Gasteiger partial charge on any atom is -0.479 e. The Hall–Kier alpha value is -1.14. The molecule has 0 aliphatic heterocycles. The monoisotopic (exact) mass is 458 g/mol. The smallest absolute Gasteiger partial charge is 0.332 e. The van der Waals surface area contributed by atoms with E-state index in [-0.39, 0.29) is 12.1 Å². The lowest BCUT2D eigenvalue weighted by atomic mass is 10.0. The highest BCUT2D eigenvalue weighted by molar-refractivity contribution is 5.76. The molecule has 6 nitrogen and oxygen atoms in total. The number of hydrogen-bond acceptors (Lipinski definition) is 4. The molecule has 2 atom stereocenters. The van der Waals surface area contributed by atoms with Gasteiger partial charge in [-0.25, -0.2) is 4.79 Å². The Balaban J connectivity index is 0. The number of nitrogens with zero attached hydrogens (tertiary/aromatic N) is 1. The fourth-order valence-corrected chi connectivity index (χ4v) is 3.51. The summed E-state index contributed by atoms with van der Waals surface area (Å²) in [4.78, 5) is 23.4. The highest BCUT2D eigenvalue weighted by Crippen LogP contribution is 2.13. The van der Waals surface area contributed by atoms with Gasteiger partial charge in [-0.1, -0.05) is 104 Å². The lowest BCUT2D eigenvalue weighted by molar-refractivity contribution is -0.145. The standard InChI is InChI=1S/C23H48N2O.C3H6O3/c1-5-7-8-9-10-11-12-13-14-15-16-17-18-19-20-21-23(26)24-22(6-2)25(3)4;1-2(4)3(5)6/h22H,5-21H2,1-4H3,(H,24,26);2,4H,1H3,(H,5,6). The molecule has 0 rings (SSSR count). The van der Waals surface area contributed by atoms with Gasteiger partial charge in [0.2, 0.25) is 5.91 Å². The number of carbonyl (C=O) groups is 2. The van der Waals surface area contributed by atoms with E-state index in [1.54, 1.807) is 0 Å². The van der Waals surface area contributed by atoms with Gasteiger partial charge in [0, 0.05) is 6.42 Å². The van der Waals surface area contributed by atoms with Gasteiger partial charge in [0.1, 0.15) is 6.10 Å². The Morgan fingerprint density at radius 2 is 1.09 bits per heavy atom. The van der Waals surface area contributed by atoms with E-state index in [4.69, 9.17) is 10.2 Å². The summed E-state index contributed by atoms with van der Waals surface area (Å²) in [6.45, 7) is 5.59. The number of carboxylic acid groups (broad SMARTS) is 1. The van der Waals surface area contributed by atoms with Crippen LogP contribution in [-0.2, 0) is 9.59 Å². The number of carboxylic acids is 1. The minimum absolute atomic E-state index is 0.179. The maximum Gasteiger partial charge on any atom is 0.332 e. The second-order valence-corrected chi connectivity index (χ2v) is 9.17. The highest BCUT2D eigenvalue weighted by Gasteiger charge is 2.11. The van der Waals surface area contributed by atoms with Crippen molar-refractivity contribution in [3.63, 3.8) is 0 Å². The second kappa shape index (κ2) is 24.5. The third-order valence-corrected chi connectivity index (χ3v) is 5.70. The first-order chi connectivity index (χ1) is 15.3. The maximum absolute atomic E-state index is 11.9. The summed E-state index contributed by atoms with van der Waals surface area (Å²) in [7, 11) is 4.03. The predicted octanol–water partition coefficient (Wildman–Crippen LogP) is 6.11. The van der Waals surface area contributed by atoms with Crippen molar-refractivity contribution in [3.8, 4) is 0 Å². The number of aliphatic hydroxyl groups is 1. The fraction of sp³-hybridized carbons (Fsp3) is 0.923. The first kappa shape index (κ1) is 33.0. The normalized spacial score (nSPS) is 12.7. The van der Waals surface area contributed by atoms with Crippen LogP contribution in [0.3, 0.4) is 0 Å². The lowest BCUT2D eigenvalue weighted by Gasteiger charge is -2.23. The largest absolute Gasteiger partial charge is 0.479 e. The van der Waals surface area contributed by atoms with Crippen LogP contribution >= 0.6 is 0 Å². The lowest BCUT2D eigenvalue weighted by Crippen LogP contribution is -2.44. The SMILES string of the molecule is CC(O)C(=O)O.CCCCCCCCCCCCCCCCCC(=O)NC(CC)N(C)C. The van der Waals surface area contributed by atoms with Gasteiger partial charge in [0.25, 0.3) is 0 Å². The van der Waals surface area contributed by atoms with Crippen LogP contribution < -0.4 is 5.32 Å². The fourth-order valence-electron chi connectivity index (χ4n) is 3.51. The first-order valence-corrected chi connectivity index (χ1v) is 13.1. The van der Waals surface area contributed by atoms with Crippen molar-refractivity contribution < 1.29 is 19.8 Å². The zero-order valence-electron chi connectivity index (χ0n) is 21.8. The Labute approximate surface area is 198 Å². The molecule has 3 N–H and O–H groups in total. The van der Waals surface area contributed by atoms with E-state index in [2.05, 4.69) is 24.1 Å². The molecule has 0 aliphatic carbocycles. The van der Waals surface area contributed by atoms with E-state index in [1.807, 2.05) is 14.1 Å². The van der Waals surface area contributed by atoms with Crippen molar-refractivity contribution >= 4 is 11.9 Å². The van der Waals surface area contributed by atoms with Crippen molar-refractivity contribution in [1.29, 1.82) is 0 Å². The molecule has 2 unspecified atom stereocenters. The van der Waals surface area contributed by atoms with Gasteiger partial charge in [0.05, 0.1) is 6.17 Å². The zero-order chi connectivity index (χ0) is 24.6. The van der Waals surface area contributed by atoms with Crippen LogP contribution in [0.5, 0.6) is 0 Å². The number of amides is 1. The summed E-state index contributed by atoms with van der Waals surface area (Å²) in [5.74, 6) is -0.977. The van der Waals surface area contributed by atoms with Gasteiger partial charge >= 0.3 is 5.97 Å². The van der Waals surface area contributed by atoms with Gasteiger partial charge in [-0.3, -0.25) is 9.69 Å². The Morgan fingerprint density at radius 1 is 0.750 bits per heavy atom. The molecule has 0 aromatic heterocycles. The number of aliphatic carboxylic acids is 1. The molecule has 0 aliphatic rings. The van der Waals surface area contributed by atoms with E-state index in [1.165, 1.54) is 96.8 Å². The van der Waals surface area contributed by atoms with E-state index < -0.39 is 12.1 Å². The third kappa shape index (κ3) is 25.1. The van der Waals surface area contributed by atoms with E-state index in [0.29, 0.717) is 6.42 Å². The number of aliphatic hydroxyl groups excluding tert-OH is 1. The zero-order valence-corrected chi connectivity index (χ0v) is 21.8. The Bertz CT molecular complexity index is 428. The van der Waals surface area contributed by atoms with Crippen LogP contribution in [0.4, 0.5) is 0 Å². The molecular formula is C26H54N2O4. The number of nitrogens with one attached hydrogen (secondary N) is 1. The van der Waals surface area contributed by atoms with Crippen LogP contribution in [-0.4, -0.2) is 53.4 Å². The molecule has 0 fully saturated rings. The van der Waals surface area contributed by atoms with Crippen molar-refractivity contribution in [2.24, 2.45) is 0 Å². The summed E-state index contributed by atoms with van der Waals surface area (Å²) in [6, 6.07) is 0. The molecule has 0 saturated heterocycles. The van der Waals surface area contributed by atoms with Crippen molar-refractivity contribution in [2.75, 3.05) is 14.1 Å². The maximum atomic E-state index is 11.9. The summed E-state index contributed by atoms with van der Waals surface area (Å²) in [5, 5.41) is 18.9. The van der Waals surface area contributed by atoms with Gasteiger partial charge in [-0.15, -0.1) is 0 Å². The van der Waals surface area contributed by atoms with E-state index in [9.17, 15) is 9.59 Å². The molecule has 0 saturated carbocycles. The summed E-state index contributed by atoms with van der Waals surface area (Å²) in [5.41, 5.74) is 0. The molecule has 0 spiro atoms. The molecule has 6 heteroatoms. The molecule has 0 radical (unpaired) electrons. The van der Waals surface area contributed by atoms with Crippen LogP contribution in [0, 0.1) is 0 Å². The average Bonchev–Trinajstić information content (AvgIpc) is 2.74. The van der Waals surface area contributed by atoms with Crippen molar-refractivity contribution in [1.82, 2.24) is 10.2 Å². The number of unbranched alkanes of at least 4 members (excludes halogenated alkanes) is 14. The molecule has 0 aromatic rings. The van der Waals surface area contributed by atoms with Gasteiger partial charge in [-0.2, -0.15) is 0 Å². The molecule has 1 amide bonds. The van der Waals surface area contributed by atoms with Gasteiger partial charge < -0.3 is 15.5 Å². The van der Waals surface area contributed by atoms with E-state index in [0.717, 1.165) is 12.8 Å².